The van der Waals surface area contributed by atoms with Crippen molar-refractivity contribution < 1.29 is 0 Å². The van der Waals surface area contributed by atoms with Gasteiger partial charge in [0.05, 0.1) is 0 Å². The predicted octanol–water partition coefficient (Wildman–Crippen LogP) is 3.89. The molecule has 0 radical (unpaired) electrons. The molecule has 1 aromatic rings. The first-order valence-electron chi connectivity index (χ1n) is 5.55. The highest BCUT2D eigenvalue weighted by atomic mass is 14.5. The van der Waals surface area contributed by atoms with E-state index in [2.05, 4.69) is 43.3 Å². The fourth-order valence-corrected chi connectivity index (χ4v) is 2.99. The average molecular weight is 184 g/mol. The maximum atomic E-state index is 2.47. The average Bonchev–Trinajstić information content (AvgIpc) is 2.44. The summed E-state index contributed by atoms with van der Waals surface area (Å²) in [6.07, 6.45) is 6.58. The van der Waals surface area contributed by atoms with Crippen LogP contribution in [0.25, 0.3) is 5.57 Å². The van der Waals surface area contributed by atoms with E-state index in [4.69, 9.17) is 0 Å². The Hall–Kier alpha value is -1.04. The van der Waals surface area contributed by atoms with E-state index in [-0.39, 0.29) is 0 Å². The standard InChI is InChI=1S/C14H16/c1-14-9-7-12(13(14)8-10-14)11-5-3-2-4-6-11/h2-7,13H,8-10H2,1H3/t13-,14+/m0/s1. The normalized spacial score (nSPS) is 34.6. The Balaban J connectivity index is 1.95. The Morgan fingerprint density at radius 3 is 2.57 bits per heavy atom. The van der Waals surface area contributed by atoms with Gasteiger partial charge in [-0.1, -0.05) is 43.3 Å². The fourth-order valence-electron chi connectivity index (χ4n) is 2.99. The van der Waals surface area contributed by atoms with Crippen molar-refractivity contribution in [2.45, 2.75) is 26.2 Å². The SMILES string of the molecule is C[C@]12CC=C(c3ccccc3)[C@@H]1CC2. The third-order valence-electron chi connectivity index (χ3n) is 4.12. The van der Waals surface area contributed by atoms with Crippen molar-refractivity contribution in [3.05, 3.63) is 42.0 Å². The van der Waals surface area contributed by atoms with Crippen LogP contribution in [0, 0.1) is 11.3 Å². The topological polar surface area (TPSA) is 0 Å². The van der Waals surface area contributed by atoms with Crippen LogP contribution in [0.15, 0.2) is 36.4 Å². The van der Waals surface area contributed by atoms with E-state index in [9.17, 15) is 0 Å². The molecule has 1 fully saturated rings. The van der Waals surface area contributed by atoms with Crippen molar-refractivity contribution in [2.75, 3.05) is 0 Å². The van der Waals surface area contributed by atoms with Gasteiger partial charge in [0.1, 0.15) is 0 Å². The van der Waals surface area contributed by atoms with Crippen LogP contribution in [0.4, 0.5) is 0 Å². The van der Waals surface area contributed by atoms with Crippen molar-refractivity contribution >= 4 is 5.57 Å². The monoisotopic (exact) mass is 184 g/mol. The van der Waals surface area contributed by atoms with Gasteiger partial charge in [0.15, 0.2) is 0 Å². The van der Waals surface area contributed by atoms with Gasteiger partial charge in [-0.2, -0.15) is 0 Å². The van der Waals surface area contributed by atoms with Crippen LogP contribution < -0.4 is 0 Å². The van der Waals surface area contributed by atoms with Crippen LogP contribution in [-0.2, 0) is 0 Å². The lowest BCUT2D eigenvalue weighted by Gasteiger charge is -2.44. The molecule has 0 spiro atoms. The molecule has 0 N–H and O–H groups in total. The lowest BCUT2D eigenvalue weighted by molar-refractivity contribution is 0.116. The zero-order valence-electron chi connectivity index (χ0n) is 8.66. The maximum Gasteiger partial charge on any atom is -0.0102 e. The molecule has 72 valence electrons. The summed E-state index contributed by atoms with van der Waals surface area (Å²) in [7, 11) is 0. The van der Waals surface area contributed by atoms with Gasteiger partial charge >= 0.3 is 0 Å². The molecule has 3 rings (SSSR count). The molecule has 0 unspecified atom stereocenters. The second-order valence-electron chi connectivity index (χ2n) is 4.97. The number of benzene rings is 1. The summed E-state index contributed by atoms with van der Waals surface area (Å²) >= 11 is 0. The number of hydrogen-bond acceptors (Lipinski definition) is 0. The summed E-state index contributed by atoms with van der Waals surface area (Å²) in [5.41, 5.74) is 3.67. The van der Waals surface area contributed by atoms with Crippen LogP contribution in [0.2, 0.25) is 0 Å². The minimum Gasteiger partial charge on any atom is -0.0799 e. The predicted molar refractivity (Wildman–Crippen MR) is 59.9 cm³/mol. The highest BCUT2D eigenvalue weighted by molar-refractivity contribution is 5.71. The fraction of sp³-hybridized carbons (Fsp3) is 0.429. The van der Waals surface area contributed by atoms with Gasteiger partial charge in [-0.25, -0.2) is 0 Å². The summed E-state index contributed by atoms with van der Waals surface area (Å²) in [6, 6.07) is 10.9. The first-order chi connectivity index (χ1) is 6.80. The van der Waals surface area contributed by atoms with Gasteiger partial charge in [-0.05, 0) is 41.7 Å². The molecule has 2 atom stereocenters. The van der Waals surface area contributed by atoms with Gasteiger partial charge in [0, 0.05) is 0 Å². The number of hydrogen-bond donors (Lipinski definition) is 0. The van der Waals surface area contributed by atoms with Crippen molar-refractivity contribution in [2.24, 2.45) is 11.3 Å². The Morgan fingerprint density at radius 1 is 1.21 bits per heavy atom. The van der Waals surface area contributed by atoms with Crippen molar-refractivity contribution in [3.63, 3.8) is 0 Å². The number of fused-ring (bicyclic) bond motifs is 1. The second kappa shape index (κ2) is 2.73. The minimum atomic E-state index is 0.616. The molecular formula is C14H16. The van der Waals surface area contributed by atoms with E-state index < -0.39 is 0 Å². The van der Waals surface area contributed by atoms with Gasteiger partial charge in [-0.15, -0.1) is 0 Å². The van der Waals surface area contributed by atoms with Gasteiger partial charge in [-0.3, -0.25) is 0 Å². The van der Waals surface area contributed by atoms with Crippen molar-refractivity contribution in [1.29, 1.82) is 0 Å². The van der Waals surface area contributed by atoms with E-state index in [1.807, 2.05) is 0 Å². The van der Waals surface area contributed by atoms with Gasteiger partial charge in [0.2, 0.25) is 0 Å². The highest BCUT2D eigenvalue weighted by Crippen LogP contribution is 2.59. The van der Waals surface area contributed by atoms with E-state index >= 15 is 0 Å². The molecule has 14 heavy (non-hydrogen) atoms. The Morgan fingerprint density at radius 2 is 2.00 bits per heavy atom. The Labute approximate surface area is 85.6 Å². The van der Waals surface area contributed by atoms with E-state index in [1.165, 1.54) is 24.8 Å². The third-order valence-corrected chi connectivity index (χ3v) is 4.12. The molecule has 2 aliphatic rings. The first-order valence-corrected chi connectivity index (χ1v) is 5.55. The zero-order valence-corrected chi connectivity index (χ0v) is 8.66. The largest absolute Gasteiger partial charge is 0.0799 e. The summed E-state index contributed by atoms with van der Waals surface area (Å²) < 4.78 is 0. The minimum absolute atomic E-state index is 0.616. The first kappa shape index (κ1) is 8.28. The summed E-state index contributed by atoms with van der Waals surface area (Å²) in [5.74, 6) is 0.852. The summed E-state index contributed by atoms with van der Waals surface area (Å²) in [4.78, 5) is 0. The molecule has 1 saturated carbocycles. The molecule has 0 saturated heterocycles. The van der Waals surface area contributed by atoms with E-state index in [1.54, 1.807) is 5.57 Å². The smallest absolute Gasteiger partial charge is 0.0102 e. The molecule has 2 aliphatic carbocycles. The van der Waals surface area contributed by atoms with Crippen LogP contribution in [-0.4, -0.2) is 0 Å². The van der Waals surface area contributed by atoms with Crippen LogP contribution >= 0.6 is 0 Å². The van der Waals surface area contributed by atoms with E-state index in [0.717, 1.165) is 5.92 Å². The van der Waals surface area contributed by atoms with Gasteiger partial charge < -0.3 is 0 Å². The summed E-state index contributed by atoms with van der Waals surface area (Å²) in [6.45, 7) is 2.44. The van der Waals surface area contributed by atoms with E-state index in [0.29, 0.717) is 5.41 Å². The molecule has 0 heteroatoms. The number of allylic oxidation sites excluding steroid dienone is 2. The molecule has 0 aliphatic heterocycles. The Kier molecular flexibility index (Phi) is 1.61. The molecule has 0 nitrogen and oxygen atoms in total. The van der Waals surface area contributed by atoms with Gasteiger partial charge in [0.25, 0.3) is 0 Å². The van der Waals surface area contributed by atoms with Crippen LogP contribution in [0.1, 0.15) is 31.7 Å². The molecule has 0 aromatic heterocycles. The lowest BCUT2D eigenvalue weighted by Crippen LogP contribution is -2.33. The zero-order chi connectivity index (χ0) is 9.60. The summed E-state index contributed by atoms with van der Waals surface area (Å²) in [5, 5.41) is 0. The second-order valence-corrected chi connectivity index (χ2v) is 4.97. The van der Waals surface area contributed by atoms with Crippen LogP contribution in [0.3, 0.4) is 0 Å². The molecule has 0 amide bonds. The highest BCUT2D eigenvalue weighted by Gasteiger charge is 2.47. The van der Waals surface area contributed by atoms with Crippen LogP contribution in [0.5, 0.6) is 0 Å². The maximum absolute atomic E-state index is 2.47. The van der Waals surface area contributed by atoms with Crippen molar-refractivity contribution in [1.82, 2.24) is 0 Å². The molecule has 1 aromatic carbocycles. The lowest BCUT2D eigenvalue weighted by atomic mass is 9.60. The Bertz CT molecular complexity index is 374. The van der Waals surface area contributed by atoms with Crippen molar-refractivity contribution in [3.8, 4) is 0 Å². The number of rotatable bonds is 1. The molecule has 0 heterocycles. The quantitative estimate of drug-likeness (QED) is 0.621. The molecular weight excluding hydrogens is 168 g/mol. The molecule has 0 bridgehead atoms. The third kappa shape index (κ3) is 1.00.